The number of nitrogens with zero attached hydrogens (tertiary/aromatic N) is 4. The van der Waals surface area contributed by atoms with Gasteiger partial charge in [-0.2, -0.15) is 5.10 Å². The molecule has 1 saturated heterocycles. The Kier molecular flexibility index (Phi) is 6.24. The molecule has 1 N–H and O–H groups in total. The zero-order chi connectivity index (χ0) is 18.5. The van der Waals surface area contributed by atoms with E-state index in [9.17, 15) is 4.79 Å². The summed E-state index contributed by atoms with van der Waals surface area (Å²) in [4.78, 5) is 19.0. The number of halogens is 1. The summed E-state index contributed by atoms with van der Waals surface area (Å²) >= 11 is 6.15. The highest BCUT2D eigenvalue weighted by molar-refractivity contribution is 6.31. The third-order valence-corrected chi connectivity index (χ3v) is 5.18. The van der Waals surface area contributed by atoms with Gasteiger partial charge in [-0.05, 0) is 25.5 Å². The number of ether oxygens (including phenoxy) is 1. The molecule has 2 aromatic rings. The second-order valence-corrected chi connectivity index (χ2v) is 6.77. The summed E-state index contributed by atoms with van der Waals surface area (Å²) in [6.07, 6.45) is 3.61. The van der Waals surface area contributed by atoms with E-state index >= 15 is 0 Å². The van der Waals surface area contributed by atoms with Gasteiger partial charge in [0.15, 0.2) is 0 Å². The van der Waals surface area contributed by atoms with E-state index in [0.717, 1.165) is 30.0 Å². The van der Waals surface area contributed by atoms with Crippen molar-refractivity contribution in [1.82, 2.24) is 25.0 Å². The summed E-state index contributed by atoms with van der Waals surface area (Å²) in [7, 11) is 0. The lowest BCUT2D eigenvalue weighted by Crippen LogP contribution is -2.44. The molecule has 0 saturated carbocycles. The van der Waals surface area contributed by atoms with Crippen LogP contribution in [0.3, 0.4) is 0 Å². The quantitative estimate of drug-likeness (QED) is 0.830. The Balaban J connectivity index is 1.65. The molecule has 0 spiro atoms. The van der Waals surface area contributed by atoms with E-state index in [-0.39, 0.29) is 18.5 Å². The average Bonchev–Trinajstić information content (AvgIpc) is 2.90. The Bertz CT molecular complexity index is 744. The first-order valence-electron chi connectivity index (χ1n) is 8.74. The first-order chi connectivity index (χ1) is 12.6. The minimum atomic E-state index is -0.0885. The van der Waals surface area contributed by atoms with Crippen LogP contribution in [-0.4, -0.2) is 58.4 Å². The molecule has 1 aliphatic heterocycles. The molecule has 1 atom stereocenters. The zero-order valence-corrected chi connectivity index (χ0v) is 15.9. The average molecular weight is 378 g/mol. The molecule has 1 amide bonds. The van der Waals surface area contributed by atoms with Crippen molar-refractivity contribution in [2.75, 3.05) is 32.8 Å². The highest BCUT2D eigenvalue weighted by atomic mass is 35.5. The highest BCUT2D eigenvalue weighted by Gasteiger charge is 2.23. The van der Waals surface area contributed by atoms with Crippen LogP contribution >= 0.6 is 11.6 Å². The van der Waals surface area contributed by atoms with E-state index < -0.39 is 0 Å². The van der Waals surface area contributed by atoms with Crippen LogP contribution in [0, 0.1) is 13.8 Å². The third kappa shape index (κ3) is 4.41. The van der Waals surface area contributed by atoms with E-state index in [4.69, 9.17) is 16.3 Å². The predicted molar refractivity (Wildman–Crippen MR) is 99.1 cm³/mol. The molecular formula is C18H24ClN5O2. The van der Waals surface area contributed by atoms with E-state index in [1.54, 1.807) is 10.9 Å². The molecular weight excluding hydrogens is 354 g/mol. The van der Waals surface area contributed by atoms with Gasteiger partial charge < -0.3 is 10.1 Å². The number of pyridine rings is 1. The molecule has 0 aliphatic carbocycles. The summed E-state index contributed by atoms with van der Waals surface area (Å²) in [5, 5.41) is 7.95. The van der Waals surface area contributed by atoms with Gasteiger partial charge in [0.1, 0.15) is 6.54 Å². The van der Waals surface area contributed by atoms with Crippen molar-refractivity contribution in [3.63, 3.8) is 0 Å². The van der Waals surface area contributed by atoms with Crippen molar-refractivity contribution >= 4 is 17.5 Å². The molecule has 0 bridgehead atoms. The molecule has 3 heterocycles. The predicted octanol–water partition coefficient (Wildman–Crippen LogP) is 1.74. The Morgan fingerprint density at radius 1 is 1.38 bits per heavy atom. The first-order valence-corrected chi connectivity index (χ1v) is 9.12. The van der Waals surface area contributed by atoms with E-state index in [0.29, 0.717) is 24.8 Å². The van der Waals surface area contributed by atoms with Crippen LogP contribution < -0.4 is 5.32 Å². The fraction of sp³-hybridized carbons (Fsp3) is 0.500. The van der Waals surface area contributed by atoms with Crippen molar-refractivity contribution in [3.8, 4) is 0 Å². The molecule has 2 aromatic heterocycles. The van der Waals surface area contributed by atoms with Crippen LogP contribution in [0.2, 0.25) is 5.02 Å². The number of carbonyl (C=O) groups excluding carboxylic acids is 1. The van der Waals surface area contributed by atoms with Crippen LogP contribution in [0.15, 0.2) is 24.5 Å². The number of hydrogen-bond acceptors (Lipinski definition) is 5. The van der Waals surface area contributed by atoms with Crippen molar-refractivity contribution < 1.29 is 9.53 Å². The minimum Gasteiger partial charge on any atom is -0.379 e. The summed E-state index contributed by atoms with van der Waals surface area (Å²) in [6.45, 7) is 7.44. The molecule has 0 radical (unpaired) electrons. The molecule has 140 valence electrons. The zero-order valence-electron chi connectivity index (χ0n) is 15.1. The highest BCUT2D eigenvalue weighted by Crippen LogP contribution is 2.21. The maximum absolute atomic E-state index is 12.4. The third-order valence-electron chi connectivity index (χ3n) is 4.63. The van der Waals surface area contributed by atoms with Gasteiger partial charge in [0.05, 0.1) is 35.7 Å². The van der Waals surface area contributed by atoms with Gasteiger partial charge >= 0.3 is 0 Å². The number of rotatable bonds is 6. The standard InChI is InChI=1S/C18H24ClN5O2/c1-13-18(19)14(2)24(22-13)12-17(25)21-11-16(15-4-3-5-20-10-15)23-6-8-26-9-7-23/h3-5,10,16H,6-9,11-12H2,1-2H3,(H,21,25). The molecule has 7 nitrogen and oxygen atoms in total. The monoisotopic (exact) mass is 377 g/mol. The molecule has 1 aliphatic rings. The van der Waals surface area contributed by atoms with Crippen molar-refractivity contribution in [1.29, 1.82) is 0 Å². The van der Waals surface area contributed by atoms with Gasteiger partial charge in [-0.25, -0.2) is 0 Å². The van der Waals surface area contributed by atoms with Crippen LogP contribution in [0.4, 0.5) is 0 Å². The second-order valence-electron chi connectivity index (χ2n) is 6.40. The maximum atomic E-state index is 12.4. The van der Waals surface area contributed by atoms with E-state index in [1.807, 2.05) is 32.2 Å². The lowest BCUT2D eigenvalue weighted by Gasteiger charge is -2.34. The van der Waals surface area contributed by atoms with Crippen LogP contribution in [0.1, 0.15) is 23.0 Å². The van der Waals surface area contributed by atoms with Crippen LogP contribution in [0.25, 0.3) is 0 Å². The molecule has 8 heteroatoms. The number of aromatic nitrogens is 3. The Hall–Kier alpha value is -1.96. The van der Waals surface area contributed by atoms with Gasteiger partial charge in [0, 0.05) is 32.0 Å². The van der Waals surface area contributed by atoms with Crippen molar-refractivity contribution in [2.45, 2.75) is 26.4 Å². The van der Waals surface area contributed by atoms with Crippen molar-refractivity contribution in [2.24, 2.45) is 0 Å². The van der Waals surface area contributed by atoms with Gasteiger partial charge in [-0.1, -0.05) is 17.7 Å². The lowest BCUT2D eigenvalue weighted by molar-refractivity contribution is -0.122. The summed E-state index contributed by atoms with van der Waals surface area (Å²) in [5.74, 6) is -0.0885. The van der Waals surface area contributed by atoms with Crippen LogP contribution in [0.5, 0.6) is 0 Å². The molecule has 26 heavy (non-hydrogen) atoms. The molecule has 3 rings (SSSR count). The maximum Gasteiger partial charge on any atom is 0.241 e. The number of carbonyl (C=O) groups is 1. The van der Waals surface area contributed by atoms with E-state index in [2.05, 4.69) is 20.3 Å². The molecule has 1 fully saturated rings. The van der Waals surface area contributed by atoms with Crippen molar-refractivity contribution in [3.05, 3.63) is 46.5 Å². The SMILES string of the molecule is Cc1nn(CC(=O)NCC(c2cccnc2)N2CCOCC2)c(C)c1Cl. The molecule has 0 aromatic carbocycles. The Labute approximate surface area is 158 Å². The molecule has 1 unspecified atom stereocenters. The summed E-state index contributed by atoms with van der Waals surface area (Å²) in [5.41, 5.74) is 2.62. The van der Waals surface area contributed by atoms with E-state index in [1.165, 1.54) is 0 Å². The van der Waals surface area contributed by atoms with Gasteiger partial charge in [0.2, 0.25) is 5.91 Å². The largest absolute Gasteiger partial charge is 0.379 e. The Morgan fingerprint density at radius 2 is 2.15 bits per heavy atom. The van der Waals surface area contributed by atoms with Crippen LogP contribution in [-0.2, 0) is 16.1 Å². The van der Waals surface area contributed by atoms with Gasteiger partial charge in [0.25, 0.3) is 0 Å². The minimum absolute atomic E-state index is 0.0700. The lowest BCUT2D eigenvalue weighted by atomic mass is 10.1. The Morgan fingerprint density at radius 3 is 2.77 bits per heavy atom. The summed E-state index contributed by atoms with van der Waals surface area (Å²) in [6, 6.07) is 4.03. The van der Waals surface area contributed by atoms with Gasteiger partial charge in [-0.15, -0.1) is 0 Å². The number of hydrogen-bond donors (Lipinski definition) is 1. The summed E-state index contributed by atoms with van der Waals surface area (Å²) < 4.78 is 7.09. The first kappa shape index (κ1) is 18.8. The number of aryl methyl sites for hydroxylation is 1. The topological polar surface area (TPSA) is 72.3 Å². The fourth-order valence-electron chi connectivity index (χ4n) is 3.15. The number of amides is 1. The smallest absolute Gasteiger partial charge is 0.241 e. The number of nitrogens with one attached hydrogen (secondary N) is 1. The second kappa shape index (κ2) is 8.62. The number of morpholine rings is 1. The van der Waals surface area contributed by atoms with Gasteiger partial charge in [-0.3, -0.25) is 19.4 Å². The normalized spacial score (nSPS) is 16.4. The fourth-order valence-corrected chi connectivity index (χ4v) is 3.29.